The first-order chi connectivity index (χ1) is 17.5. The normalized spacial score (nSPS) is 12.2. The molecule has 0 aliphatic carbocycles. The molecule has 0 saturated carbocycles. The number of rotatable bonds is 11. The van der Waals surface area contributed by atoms with Crippen molar-refractivity contribution in [3.8, 4) is 22.6 Å². The van der Waals surface area contributed by atoms with Gasteiger partial charge in [0.15, 0.2) is 0 Å². The van der Waals surface area contributed by atoms with Crippen LogP contribution in [-0.2, 0) is 4.79 Å². The Morgan fingerprint density at radius 2 is 1.68 bits per heavy atom. The summed E-state index contributed by atoms with van der Waals surface area (Å²) in [6.07, 6.45) is -3.59. The molecule has 6 nitrogen and oxygen atoms in total. The number of carbonyl (C=O) groups is 2. The topological polar surface area (TPSA) is 84.9 Å². The van der Waals surface area contributed by atoms with Crippen LogP contribution in [0.4, 0.5) is 13.2 Å². The number of thiophene rings is 1. The lowest BCUT2D eigenvalue weighted by Gasteiger charge is -2.20. The molecule has 3 rings (SSSR count). The molecule has 2 N–H and O–H groups in total. The maximum absolute atomic E-state index is 12.5. The summed E-state index contributed by atoms with van der Waals surface area (Å²) >= 11 is 1.30. The predicted molar refractivity (Wildman–Crippen MR) is 135 cm³/mol. The Morgan fingerprint density at radius 1 is 1.03 bits per heavy atom. The molecule has 1 unspecified atom stereocenters. The van der Waals surface area contributed by atoms with Crippen molar-refractivity contribution in [2.75, 3.05) is 6.54 Å². The van der Waals surface area contributed by atoms with Gasteiger partial charge in [-0.1, -0.05) is 25.5 Å². The van der Waals surface area contributed by atoms with E-state index in [2.05, 4.69) is 10.1 Å². The van der Waals surface area contributed by atoms with Crippen LogP contribution in [0.2, 0.25) is 0 Å². The van der Waals surface area contributed by atoms with Gasteiger partial charge in [0.05, 0.1) is 11.3 Å². The third kappa shape index (κ3) is 7.98. The first-order valence-electron chi connectivity index (χ1n) is 11.7. The molecule has 1 atom stereocenters. The van der Waals surface area contributed by atoms with Gasteiger partial charge in [0.25, 0.3) is 5.91 Å². The summed E-state index contributed by atoms with van der Waals surface area (Å²) in [5, 5.41) is 11.3. The summed E-state index contributed by atoms with van der Waals surface area (Å²) in [6, 6.07) is 13.1. The van der Waals surface area contributed by atoms with Crippen molar-refractivity contribution in [3.63, 3.8) is 0 Å². The number of aryl methyl sites for hydroxylation is 2. The highest BCUT2D eigenvalue weighted by Gasteiger charge is 2.31. The fraction of sp³-hybridized carbons (Fsp3) is 0.333. The van der Waals surface area contributed by atoms with Crippen molar-refractivity contribution in [2.45, 2.75) is 52.5 Å². The number of hydrogen-bond acceptors (Lipinski definition) is 5. The molecule has 0 aliphatic heterocycles. The second-order valence-electron chi connectivity index (χ2n) is 8.50. The van der Waals surface area contributed by atoms with Gasteiger partial charge in [0, 0.05) is 11.4 Å². The van der Waals surface area contributed by atoms with Crippen molar-refractivity contribution in [2.24, 2.45) is 0 Å². The van der Waals surface area contributed by atoms with Crippen molar-refractivity contribution >= 4 is 23.2 Å². The van der Waals surface area contributed by atoms with E-state index in [1.165, 1.54) is 23.5 Å². The van der Waals surface area contributed by atoms with Crippen molar-refractivity contribution in [1.82, 2.24) is 5.32 Å². The van der Waals surface area contributed by atoms with E-state index in [-0.39, 0.29) is 30.7 Å². The number of ether oxygens (including phenoxy) is 2. The Kier molecular flexibility index (Phi) is 9.20. The lowest BCUT2D eigenvalue weighted by atomic mass is 9.95. The first kappa shape index (κ1) is 28.0. The molecule has 10 heteroatoms. The van der Waals surface area contributed by atoms with Gasteiger partial charge in [-0.25, -0.2) is 0 Å². The van der Waals surface area contributed by atoms with Crippen molar-refractivity contribution in [3.05, 3.63) is 69.4 Å². The van der Waals surface area contributed by atoms with Crippen LogP contribution in [0, 0.1) is 13.8 Å². The largest absolute Gasteiger partial charge is 0.573 e. The van der Waals surface area contributed by atoms with Gasteiger partial charge in [-0.05, 0) is 78.9 Å². The van der Waals surface area contributed by atoms with Gasteiger partial charge in [-0.3, -0.25) is 9.59 Å². The van der Waals surface area contributed by atoms with E-state index < -0.39 is 12.3 Å². The number of carboxylic acids is 1. The summed E-state index contributed by atoms with van der Waals surface area (Å²) in [7, 11) is 0. The minimum Gasteiger partial charge on any atom is -0.485 e. The molecule has 2 aromatic carbocycles. The number of carboxylic acid groups (broad SMARTS) is 1. The van der Waals surface area contributed by atoms with Gasteiger partial charge < -0.3 is 19.9 Å². The third-order valence-electron chi connectivity index (χ3n) is 5.50. The highest BCUT2D eigenvalue weighted by atomic mass is 32.1. The van der Waals surface area contributed by atoms with Crippen LogP contribution in [0.15, 0.2) is 48.5 Å². The minimum absolute atomic E-state index is 0.0548. The molecular weight excluding hydrogens is 507 g/mol. The standard InChI is InChI=1S/C27H28F3NO5S/c1-4-5-21(22-10-11-23(37-22)26(34)31-13-12-24(32)33)35-20-14-16(2)25(17(3)15-20)18-6-8-19(9-7-18)36-27(28,29)30/h6-11,14-15,21H,4-5,12-13H2,1-3H3,(H,31,34)(H,32,33). The quantitative estimate of drug-likeness (QED) is 0.275. The zero-order valence-corrected chi connectivity index (χ0v) is 21.5. The summed E-state index contributed by atoms with van der Waals surface area (Å²) in [4.78, 5) is 24.3. The summed E-state index contributed by atoms with van der Waals surface area (Å²) < 4.78 is 47.7. The van der Waals surface area contributed by atoms with E-state index in [1.807, 2.05) is 39.0 Å². The molecule has 0 bridgehead atoms. The van der Waals surface area contributed by atoms with Gasteiger partial charge in [0.2, 0.25) is 0 Å². The maximum Gasteiger partial charge on any atom is 0.573 e. The highest BCUT2D eigenvalue weighted by Crippen LogP contribution is 2.36. The molecule has 0 spiro atoms. The molecule has 1 amide bonds. The smallest absolute Gasteiger partial charge is 0.485 e. The molecule has 37 heavy (non-hydrogen) atoms. The number of amides is 1. The summed E-state index contributed by atoms with van der Waals surface area (Å²) in [6.45, 7) is 5.91. The second kappa shape index (κ2) is 12.1. The Bertz CT molecular complexity index is 1210. The SMILES string of the molecule is CCCC(Oc1cc(C)c(-c2ccc(OC(F)(F)F)cc2)c(C)c1)c1ccc(C(=O)NCCC(=O)O)s1. The fourth-order valence-electron chi connectivity index (χ4n) is 3.97. The molecule has 0 aliphatic rings. The first-order valence-corrected chi connectivity index (χ1v) is 12.5. The van der Waals surface area contributed by atoms with Crippen LogP contribution in [0.5, 0.6) is 11.5 Å². The lowest BCUT2D eigenvalue weighted by Crippen LogP contribution is -2.25. The van der Waals surface area contributed by atoms with Gasteiger partial charge >= 0.3 is 12.3 Å². The average Bonchev–Trinajstić information content (AvgIpc) is 3.29. The Hall–Kier alpha value is -3.53. The van der Waals surface area contributed by atoms with E-state index >= 15 is 0 Å². The Morgan fingerprint density at radius 3 is 2.24 bits per heavy atom. The van der Waals surface area contributed by atoms with Crippen LogP contribution in [0.1, 0.15) is 58.0 Å². The number of hydrogen-bond donors (Lipinski definition) is 2. The molecule has 3 aromatic rings. The number of carbonyl (C=O) groups excluding carboxylic acids is 1. The zero-order chi connectivity index (χ0) is 27.2. The van der Waals surface area contributed by atoms with E-state index in [1.54, 1.807) is 18.2 Å². The van der Waals surface area contributed by atoms with Crippen LogP contribution >= 0.6 is 11.3 Å². The molecule has 198 valence electrons. The van der Waals surface area contributed by atoms with Crippen molar-refractivity contribution in [1.29, 1.82) is 0 Å². The molecule has 1 heterocycles. The molecular formula is C27H28F3NO5S. The number of alkyl halides is 3. The highest BCUT2D eigenvalue weighted by molar-refractivity contribution is 7.14. The average molecular weight is 536 g/mol. The van der Waals surface area contributed by atoms with Crippen LogP contribution in [0.25, 0.3) is 11.1 Å². The predicted octanol–water partition coefficient (Wildman–Crippen LogP) is 7.06. The second-order valence-corrected chi connectivity index (χ2v) is 9.62. The monoisotopic (exact) mass is 535 g/mol. The molecule has 0 saturated heterocycles. The van der Waals surface area contributed by atoms with Gasteiger partial charge in [-0.15, -0.1) is 24.5 Å². The Labute approximate surface area is 217 Å². The summed E-state index contributed by atoms with van der Waals surface area (Å²) in [5.74, 6) is -0.932. The van der Waals surface area contributed by atoms with Crippen molar-refractivity contribution < 1.29 is 37.3 Å². The van der Waals surface area contributed by atoms with E-state index in [0.717, 1.165) is 40.0 Å². The van der Waals surface area contributed by atoms with Gasteiger partial charge in [0.1, 0.15) is 17.6 Å². The fourth-order valence-corrected chi connectivity index (χ4v) is 4.96. The Balaban J connectivity index is 1.76. The summed E-state index contributed by atoms with van der Waals surface area (Å²) in [5.41, 5.74) is 3.46. The number of nitrogens with one attached hydrogen (secondary N) is 1. The molecule has 0 fully saturated rings. The number of halogens is 3. The van der Waals surface area contributed by atoms with Crippen LogP contribution in [-0.4, -0.2) is 29.9 Å². The van der Waals surface area contributed by atoms with Gasteiger partial charge in [-0.2, -0.15) is 0 Å². The van der Waals surface area contributed by atoms with Crippen LogP contribution in [0.3, 0.4) is 0 Å². The molecule has 0 radical (unpaired) electrons. The van der Waals surface area contributed by atoms with E-state index in [9.17, 15) is 22.8 Å². The molecule has 1 aromatic heterocycles. The van der Waals surface area contributed by atoms with E-state index in [0.29, 0.717) is 10.6 Å². The number of benzene rings is 2. The third-order valence-corrected chi connectivity index (χ3v) is 6.68. The maximum atomic E-state index is 12.5. The zero-order valence-electron chi connectivity index (χ0n) is 20.6. The number of aliphatic carboxylic acids is 1. The van der Waals surface area contributed by atoms with Crippen LogP contribution < -0.4 is 14.8 Å². The lowest BCUT2D eigenvalue weighted by molar-refractivity contribution is -0.274. The minimum atomic E-state index is -4.74. The van der Waals surface area contributed by atoms with E-state index in [4.69, 9.17) is 9.84 Å².